The molecule has 0 atom stereocenters. The van der Waals surface area contributed by atoms with Crippen LogP contribution in [-0.4, -0.2) is 59.2 Å². The summed E-state index contributed by atoms with van der Waals surface area (Å²) in [6.45, 7) is 0. The first-order valence-corrected chi connectivity index (χ1v) is 8.43. The van der Waals surface area contributed by atoms with Gasteiger partial charge in [-0.05, 0) is 0 Å². The van der Waals surface area contributed by atoms with Crippen molar-refractivity contribution in [3.63, 3.8) is 0 Å². The number of aromatic nitrogens is 4. The van der Waals surface area contributed by atoms with Gasteiger partial charge in [-0.2, -0.15) is 0 Å². The van der Waals surface area contributed by atoms with Crippen molar-refractivity contribution in [3.05, 3.63) is 63.2 Å². The van der Waals surface area contributed by atoms with Gasteiger partial charge in [0.15, 0.2) is 0 Å². The predicted molar refractivity (Wildman–Crippen MR) is 103 cm³/mol. The van der Waals surface area contributed by atoms with Crippen LogP contribution in [0.25, 0.3) is 10.9 Å². The largest absolute Gasteiger partial charge is 0.465 e. The van der Waals surface area contributed by atoms with Crippen LogP contribution in [0.2, 0.25) is 5.02 Å². The standard InChI is InChI=1S/C9H8ClNO4.C9H7N3O3/c1-14-8(12)5-3-11-4-6(7(5)10)9(13)15-2;1-15-9(14)6-3-10-2-5-7(6)11-4-12-8(5)13/h3-4H,1-2H3;2-4H,1H3,(H,11,12,13). The third-order valence-electron chi connectivity index (χ3n) is 3.65. The van der Waals surface area contributed by atoms with Crippen LogP contribution in [0.3, 0.4) is 0 Å². The van der Waals surface area contributed by atoms with E-state index < -0.39 is 17.9 Å². The normalized spacial score (nSPS) is 9.87. The van der Waals surface area contributed by atoms with Crippen molar-refractivity contribution in [3.8, 4) is 0 Å². The maximum absolute atomic E-state index is 11.4. The van der Waals surface area contributed by atoms with E-state index in [-0.39, 0.29) is 32.7 Å². The number of rotatable bonds is 3. The molecule has 0 unspecified atom stereocenters. The third kappa shape index (κ3) is 4.75. The molecule has 156 valence electrons. The van der Waals surface area contributed by atoms with Crippen molar-refractivity contribution in [1.82, 2.24) is 19.9 Å². The molecule has 30 heavy (non-hydrogen) atoms. The molecule has 1 N–H and O–H groups in total. The van der Waals surface area contributed by atoms with Gasteiger partial charge in [-0.3, -0.25) is 14.8 Å². The van der Waals surface area contributed by atoms with Crippen LogP contribution in [0.15, 0.2) is 35.9 Å². The first kappa shape index (κ1) is 22.4. The average molecular weight is 435 g/mol. The Morgan fingerprint density at radius 2 is 1.30 bits per heavy atom. The van der Waals surface area contributed by atoms with Gasteiger partial charge >= 0.3 is 17.9 Å². The molecule has 11 nitrogen and oxygen atoms in total. The minimum atomic E-state index is -0.654. The van der Waals surface area contributed by atoms with Gasteiger partial charge in [-0.25, -0.2) is 19.4 Å². The molecule has 0 bridgehead atoms. The van der Waals surface area contributed by atoms with Gasteiger partial charge in [0.2, 0.25) is 0 Å². The molecule has 0 spiro atoms. The van der Waals surface area contributed by atoms with E-state index in [4.69, 9.17) is 11.6 Å². The first-order chi connectivity index (χ1) is 14.3. The Bertz CT molecular complexity index is 1130. The highest BCUT2D eigenvalue weighted by atomic mass is 35.5. The second-order valence-corrected chi connectivity index (χ2v) is 5.72. The van der Waals surface area contributed by atoms with Crippen LogP contribution in [0, 0.1) is 0 Å². The van der Waals surface area contributed by atoms with E-state index in [9.17, 15) is 19.2 Å². The molecule has 3 aromatic rings. The van der Waals surface area contributed by atoms with Crippen LogP contribution >= 0.6 is 11.6 Å². The zero-order valence-electron chi connectivity index (χ0n) is 16.0. The molecule has 0 radical (unpaired) electrons. The number of hydrogen-bond donors (Lipinski definition) is 1. The summed E-state index contributed by atoms with van der Waals surface area (Å²) < 4.78 is 13.5. The molecule has 0 saturated carbocycles. The van der Waals surface area contributed by atoms with Crippen LogP contribution in [-0.2, 0) is 14.2 Å². The van der Waals surface area contributed by atoms with E-state index in [0.717, 1.165) is 0 Å². The predicted octanol–water partition coefficient (Wildman–Crippen LogP) is 1.41. The number of aromatic amines is 1. The lowest BCUT2D eigenvalue weighted by Crippen LogP contribution is -2.11. The van der Waals surface area contributed by atoms with Crippen molar-refractivity contribution in [2.24, 2.45) is 0 Å². The highest BCUT2D eigenvalue weighted by molar-refractivity contribution is 6.36. The summed E-state index contributed by atoms with van der Waals surface area (Å²) in [7, 11) is 3.68. The number of hydrogen-bond acceptors (Lipinski definition) is 10. The molecular weight excluding hydrogens is 420 g/mol. The number of H-pyrrole nitrogens is 1. The van der Waals surface area contributed by atoms with Gasteiger partial charge in [0, 0.05) is 24.8 Å². The Morgan fingerprint density at radius 1 is 0.833 bits per heavy atom. The number of methoxy groups -OCH3 is 3. The van der Waals surface area contributed by atoms with Crippen molar-refractivity contribution in [2.45, 2.75) is 0 Å². The number of ether oxygens (including phenoxy) is 3. The molecule has 0 fully saturated rings. The summed E-state index contributed by atoms with van der Waals surface area (Å²) in [6.07, 6.45) is 6.35. The zero-order valence-corrected chi connectivity index (χ0v) is 16.7. The fourth-order valence-corrected chi connectivity index (χ4v) is 2.45. The number of nitrogens with one attached hydrogen (secondary N) is 1. The van der Waals surface area contributed by atoms with Crippen molar-refractivity contribution >= 4 is 40.4 Å². The molecule has 0 amide bonds. The highest BCUT2D eigenvalue weighted by Crippen LogP contribution is 2.21. The topological polar surface area (TPSA) is 150 Å². The van der Waals surface area contributed by atoms with Gasteiger partial charge in [0.25, 0.3) is 5.56 Å². The molecule has 0 aliphatic heterocycles. The lowest BCUT2D eigenvalue weighted by Gasteiger charge is -2.05. The average Bonchev–Trinajstić information content (AvgIpc) is 2.78. The van der Waals surface area contributed by atoms with E-state index in [1.54, 1.807) is 0 Å². The summed E-state index contributed by atoms with van der Waals surface area (Å²) in [6, 6.07) is 0. The molecule has 0 saturated heterocycles. The summed E-state index contributed by atoms with van der Waals surface area (Å²) >= 11 is 5.81. The van der Waals surface area contributed by atoms with Crippen LogP contribution in [0.1, 0.15) is 31.1 Å². The quantitative estimate of drug-likeness (QED) is 0.473. The molecular formula is C18H15ClN4O7. The van der Waals surface area contributed by atoms with Crippen molar-refractivity contribution < 1.29 is 28.6 Å². The van der Waals surface area contributed by atoms with Gasteiger partial charge in [0.1, 0.15) is 5.56 Å². The number of nitrogens with zero attached hydrogens (tertiary/aromatic N) is 3. The number of esters is 3. The lowest BCUT2D eigenvalue weighted by molar-refractivity contribution is 0.0587. The van der Waals surface area contributed by atoms with Gasteiger partial charge in [-0.15, -0.1) is 0 Å². The number of fused-ring (bicyclic) bond motifs is 1. The maximum Gasteiger partial charge on any atom is 0.341 e. The SMILES string of the molecule is COC(=O)c1cncc(C(=O)OC)c1Cl.COC(=O)c1cncc2c(=O)[nH]cnc12. The minimum absolute atomic E-state index is 0.0244. The van der Waals surface area contributed by atoms with E-state index in [2.05, 4.69) is 34.1 Å². The second-order valence-electron chi connectivity index (χ2n) is 5.34. The Balaban J connectivity index is 0.000000214. The van der Waals surface area contributed by atoms with Crippen LogP contribution in [0.5, 0.6) is 0 Å². The van der Waals surface area contributed by atoms with Gasteiger partial charge in [-0.1, -0.05) is 11.6 Å². The van der Waals surface area contributed by atoms with Gasteiger partial charge < -0.3 is 19.2 Å². The molecule has 0 aromatic carbocycles. The van der Waals surface area contributed by atoms with Crippen molar-refractivity contribution in [2.75, 3.05) is 21.3 Å². The molecule has 3 aromatic heterocycles. The Kier molecular flexibility index (Phi) is 7.53. The monoisotopic (exact) mass is 434 g/mol. The Hall–Kier alpha value is -3.86. The maximum atomic E-state index is 11.4. The lowest BCUT2D eigenvalue weighted by atomic mass is 10.2. The van der Waals surface area contributed by atoms with E-state index in [0.29, 0.717) is 5.52 Å². The Morgan fingerprint density at radius 3 is 1.83 bits per heavy atom. The Labute approximate surface area is 174 Å². The number of pyridine rings is 2. The summed E-state index contributed by atoms with van der Waals surface area (Å²) in [5.41, 5.74) is 0.198. The molecule has 0 aliphatic carbocycles. The van der Waals surface area contributed by atoms with Crippen LogP contribution in [0.4, 0.5) is 0 Å². The van der Waals surface area contributed by atoms with Crippen LogP contribution < -0.4 is 5.56 Å². The first-order valence-electron chi connectivity index (χ1n) is 8.05. The summed E-state index contributed by atoms with van der Waals surface area (Å²) in [4.78, 5) is 58.9. The fourth-order valence-electron chi connectivity index (χ4n) is 2.20. The molecule has 0 aliphatic rings. The zero-order chi connectivity index (χ0) is 22.3. The number of carbonyl (C=O) groups is 3. The van der Waals surface area contributed by atoms with Crippen molar-refractivity contribution in [1.29, 1.82) is 0 Å². The summed E-state index contributed by atoms with van der Waals surface area (Å²) in [5, 5.41) is 0.240. The van der Waals surface area contributed by atoms with Gasteiger partial charge in [0.05, 0.1) is 54.7 Å². The van der Waals surface area contributed by atoms with E-state index in [1.165, 1.54) is 52.4 Å². The smallest absolute Gasteiger partial charge is 0.341 e. The fraction of sp³-hybridized carbons (Fsp3) is 0.167. The summed E-state index contributed by atoms with van der Waals surface area (Å²) in [5.74, 6) is -1.87. The minimum Gasteiger partial charge on any atom is -0.465 e. The molecule has 3 heterocycles. The van der Waals surface area contributed by atoms with E-state index in [1.807, 2.05) is 0 Å². The number of halogens is 1. The molecule has 12 heteroatoms. The second kappa shape index (κ2) is 10.1. The number of carbonyl (C=O) groups excluding carboxylic acids is 3. The highest BCUT2D eigenvalue weighted by Gasteiger charge is 2.19. The third-order valence-corrected chi connectivity index (χ3v) is 4.05. The molecule has 3 rings (SSSR count). The van der Waals surface area contributed by atoms with E-state index >= 15 is 0 Å².